The number of hydrogen-bond acceptors (Lipinski definition) is 3. The number of hydrogen-bond donors (Lipinski definition) is 1. The summed E-state index contributed by atoms with van der Waals surface area (Å²) in [6.45, 7) is 6.96. The summed E-state index contributed by atoms with van der Waals surface area (Å²) in [6, 6.07) is 4.50. The lowest BCUT2D eigenvalue weighted by Crippen LogP contribution is -2.46. The van der Waals surface area contributed by atoms with Crippen LogP contribution >= 0.6 is 12.2 Å². The summed E-state index contributed by atoms with van der Waals surface area (Å²) in [4.78, 5) is 6.29. The fourth-order valence-electron chi connectivity index (χ4n) is 2.50. The van der Waals surface area contributed by atoms with E-state index in [4.69, 9.17) is 17.0 Å². The quantitative estimate of drug-likeness (QED) is 0.817. The summed E-state index contributed by atoms with van der Waals surface area (Å²) in [5.41, 5.74) is 1.29. The van der Waals surface area contributed by atoms with Crippen LogP contribution in [0.1, 0.15) is 32.3 Å². The van der Waals surface area contributed by atoms with Crippen molar-refractivity contribution in [3.63, 3.8) is 0 Å². The standard InChI is InChI=1S/C16H25N3OS/c1-13(2)19(10-7-14-5-8-17-9-6-14)16(21)18-12-15-4-3-11-20-15/h5-6,8-9,13,15H,3-4,7,10-12H2,1-2H3,(H,18,21)/t15-/m0/s1. The van der Waals surface area contributed by atoms with Gasteiger partial charge in [-0.2, -0.15) is 0 Å². The highest BCUT2D eigenvalue weighted by Crippen LogP contribution is 2.11. The normalized spacial score (nSPS) is 18.0. The number of ether oxygens (including phenoxy) is 1. The summed E-state index contributed by atoms with van der Waals surface area (Å²) in [7, 11) is 0. The van der Waals surface area contributed by atoms with Crippen LogP contribution < -0.4 is 5.32 Å². The zero-order valence-corrected chi connectivity index (χ0v) is 13.7. The van der Waals surface area contributed by atoms with Crippen molar-refractivity contribution in [3.05, 3.63) is 30.1 Å². The minimum atomic E-state index is 0.317. The highest BCUT2D eigenvalue weighted by molar-refractivity contribution is 7.80. The van der Waals surface area contributed by atoms with Gasteiger partial charge in [0.25, 0.3) is 0 Å². The Morgan fingerprint density at radius 2 is 2.24 bits per heavy atom. The molecule has 0 unspecified atom stereocenters. The largest absolute Gasteiger partial charge is 0.376 e. The maximum Gasteiger partial charge on any atom is 0.169 e. The zero-order valence-electron chi connectivity index (χ0n) is 12.9. The minimum Gasteiger partial charge on any atom is -0.376 e. The van der Waals surface area contributed by atoms with E-state index in [0.717, 1.165) is 44.1 Å². The molecular weight excluding hydrogens is 282 g/mol. The average Bonchev–Trinajstić information content (AvgIpc) is 2.99. The molecule has 0 radical (unpaired) electrons. The van der Waals surface area contributed by atoms with Crippen molar-refractivity contribution >= 4 is 17.3 Å². The first-order valence-electron chi connectivity index (χ1n) is 7.72. The summed E-state index contributed by atoms with van der Waals surface area (Å²) in [5, 5.41) is 4.19. The Hall–Kier alpha value is -1.20. The van der Waals surface area contributed by atoms with Gasteiger partial charge in [-0.15, -0.1) is 0 Å². The predicted octanol–water partition coefficient (Wildman–Crippen LogP) is 2.39. The van der Waals surface area contributed by atoms with Gasteiger partial charge in [0.2, 0.25) is 0 Å². The number of nitrogens with zero attached hydrogens (tertiary/aromatic N) is 2. The molecule has 1 aromatic rings. The van der Waals surface area contributed by atoms with Crippen molar-refractivity contribution in [2.24, 2.45) is 0 Å². The lowest BCUT2D eigenvalue weighted by atomic mass is 10.2. The van der Waals surface area contributed by atoms with Crippen molar-refractivity contribution in [3.8, 4) is 0 Å². The lowest BCUT2D eigenvalue weighted by molar-refractivity contribution is 0.113. The van der Waals surface area contributed by atoms with Gasteiger partial charge >= 0.3 is 0 Å². The molecule has 1 fully saturated rings. The van der Waals surface area contributed by atoms with Crippen molar-refractivity contribution in [1.82, 2.24) is 15.2 Å². The molecule has 1 saturated heterocycles. The molecule has 1 N–H and O–H groups in total. The van der Waals surface area contributed by atoms with Gasteiger partial charge in [-0.05, 0) is 63.0 Å². The highest BCUT2D eigenvalue weighted by Gasteiger charge is 2.18. The fraction of sp³-hybridized carbons (Fsp3) is 0.625. The molecule has 0 spiro atoms. The van der Waals surface area contributed by atoms with Gasteiger partial charge in [0.15, 0.2) is 5.11 Å². The third-order valence-corrected chi connectivity index (χ3v) is 4.16. The van der Waals surface area contributed by atoms with Crippen LogP contribution in [0.5, 0.6) is 0 Å². The molecule has 0 bridgehead atoms. The first-order valence-corrected chi connectivity index (χ1v) is 8.12. The van der Waals surface area contributed by atoms with Gasteiger partial charge in [0.05, 0.1) is 6.10 Å². The SMILES string of the molecule is CC(C)N(CCc1ccncc1)C(=S)NC[C@@H]1CCCO1. The van der Waals surface area contributed by atoms with Crippen LogP contribution in [-0.4, -0.2) is 46.8 Å². The fourth-order valence-corrected chi connectivity index (χ4v) is 2.89. The third kappa shape index (κ3) is 5.25. The van der Waals surface area contributed by atoms with Crippen LogP contribution in [-0.2, 0) is 11.2 Å². The Balaban J connectivity index is 1.81. The molecule has 2 rings (SSSR count). The lowest BCUT2D eigenvalue weighted by Gasteiger charge is -2.30. The molecule has 1 aliphatic rings. The predicted molar refractivity (Wildman–Crippen MR) is 89.4 cm³/mol. The molecule has 1 aliphatic heterocycles. The molecule has 1 aromatic heterocycles. The molecule has 5 heteroatoms. The third-order valence-electron chi connectivity index (χ3n) is 3.78. The Kier molecular flexibility index (Phi) is 6.39. The van der Waals surface area contributed by atoms with E-state index in [9.17, 15) is 0 Å². The number of nitrogens with one attached hydrogen (secondary N) is 1. The van der Waals surface area contributed by atoms with Gasteiger partial charge in [-0.3, -0.25) is 4.98 Å². The van der Waals surface area contributed by atoms with Gasteiger partial charge in [0, 0.05) is 38.1 Å². The number of pyridine rings is 1. The van der Waals surface area contributed by atoms with Gasteiger partial charge < -0.3 is 15.0 Å². The van der Waals surface area contributed by atoms with E-state index in [1.54, 1.807) is 0 Å². The molecule has 21 heavy (non-hydrogen) atoms. The van der Waals surface area contributed by atoms with Crippen LogP contribution in [0.25, 0.3) is 0 Å². The van der Waals surface area contributed by atoms with Crippen LogP contribution in [0.2, 0.25) is 0 Å². The van der Waals surface area contributed by atoms with E-state index in [1.807, 2.05) is 12.4 Å². The van der Waals surface area contributed by atoms with E-state index >= 15 is 0 Å². The topological polar surface area (TPSA) is 37.4 Å². The summed E-state index contributed by atoms with van der Waals surface area (Å²) < 4.78 is 5.63. The Morgan fingerprint density at radius 1 is 1.48 bits per heavy atom. The number of rotatable bonds is 6. The first kappa shape index (κ1) is 16.2. The van der Waals surface area contributed by atoms with Crippen molar-refractivity contribution < 1.29 is 4.74 Å². The molecule has 0 amide bonds. The number of aromatic nitrogens is 1. The maximum absolute atomic E-state index is 5.63. The molecule has 0 aliphatic carbocycles. The van der Waals surface area contributed by atoms with E-state index < -0.39 is 0 Å². The molecule has 116 valence electrons. The Morgan fingerprint density at radius 3 is 2.86 bits per heavy atom. The van der Waals surface area contributed by atoms with Crippen molar-refractivity contribution in [1.29, 1.82) is 0 Å². The smallest absolute Gasteiger partial charge is 0.169 e. The van der Waals surface area contributed by atoms with Crippen LogP contribution in [0, 0.1) is 0 Å². The van der Waals surface area contributed by atoms with E-state index in [-0.39, 0.29) is 0 Å². The molecule has 1 atom stereocenters. The summed E-state index contributed by atoms with van der Waals surface area (Å²) >= 11 is 5.55. The second-order valence-electron chi connectivity index (χ2n) is 5.71. The van der Waals surface area contributed by atoms with E-state index in [2.05, 4.69) is 41.2 Å². The van der Waals surface area contributed by atoms with Crippen LogP contribution in [0.15, 0.2) is 24.5 Å². The second-order valence-corrected chi connectivity index (χ2v) is 6.10. The van der Waals surface area contributed by atoms with E-state index in [0.29, 0.717) is 12.1 Å². The number of thiocarbonyl (C=S) groups is 1. The molecule has 2 heterocycles. The maximum atomic E-state index is 5.63. The summed E-state index contributed by atoms with van der Waals surface area (Å²) in [6.07, 6.45) is 7.26. The zero-order chi connectivity index (χ0) is 15.1. The highest BCUT2D eigenvalue weighted by atomic mass is 32.1. The second kappa shape index (κ2) is 8.29. The average molecular weight is 307 g/mol. The Bertz CT molecular complexity index is 432. The van der Waals surface area contributed by atoms with Crippen molar-refractivity contribution in [2.45, 2.75) is 45.3 Å². The molecule has 4 nitrogen and oxygen atoms in total. The summed E-state index contributed by atoms with van der Waals surface area (Å²) in [5.74, 6) is 0. The molecule has 0 aromatic carbocycles. The van der Waals surface area contributed by atoms with Gasteiger partial charge in [0.1, 0.15) is 0 Å². The van der Waals surface area contributed by atoms with Crippen LogP contribution in [0.3, 0.4) is 0 Å². The van der Waals surface area contributed by atoms with E-state index in [1.165, 1.54) is 5.56 Å². The minimum absolute atomic E-state index is 0.317. The first-order chi connectivity index (χ1) is 10.2. The van der Waals surface area contributed by atoms with Crippen molar-refractivity contribution in [2.75, 3.05) is 19.7 Å². The monoisotopic (exact) mass is 307 g/mol. The molecule has 0 saturated carbocycles. The van der Waals surface area contributed by atoms with Gasteiger partial charge in [-0.25, -0.2) is 0 Å². The molecular formula is C16H25N3OS. The van der Waals surface area contributed by atoms with Crippen LogP contribution in [0.4, 0.5) is 0 Å². The van der Waals surface area contributed by atoms with Gasteiger partial charge in [-0.1, -0.05) is 0 Å². The Labute approximate surface area is 132 Å².